The highest BCUT2D eigenvalue weighted by molar-refractivity contribution is 7.92. The lowest BCUT2D eigenvalue weighted by molar-refractivity contribution is -0.137. The maximum Gasteiger partial charge on any atom is 0.418 e. The Labute approximate surface area is 185 Å². The van der Waals surface area contributed by atoms with E-state index in [-0.39, 0.29) is 36.2 Å². The fourth-order valence-corrected chi connectivity index (χ4v) is 4.21. The molecule has 0 aliphatic heterocycles. The van der Waals surface area contributed by atoms with Crippen LogP contribution < -0.4 is 9.62 Å². The Hall–Kier alpha value is -2.26. The molecular formula is C21H24ClF3N2O3S. The zero-order valence-electron chi connectivity index (χ0n) is 17.1. The van der Waals surface area contributed by atoms with Crippen LogP contribution in [0.15, 0.2) is 48.5 Å². The monoisotopic (exact) mass is 476 g/mol. The van der Waals surface area contributed by atoms with Gasteiger partial charge in [-0.2, -0.15) is 13.2 Å². The third-order valence-corrected chi connectivity index (χ3v) is 6.09. The number of hydrogen-bond acceptors (Lipinski definition) is 3. The number of amides is 1. The average molecular weight is 477 g/mol. The van der Waals surface area contributed by atoms with Crippen LogP contribution in [0.1, 0.15) is 36.8 Å². The molecule has 0 bridgehead atoms. The fraction of sp³-hybridized carbons (Fsp3) is 0.381. The van der Waals surface area contributed by atoms with Crippen molar-refractivity contribution in [2.45, 2.75) is 31.9 Å². The Kier molecular flexibility index (Phi) is 8.36. The summed E-state index contributed by atoms with van der Waals surface area (Å²) in [6.07, 6.45) is -3.93. The van der Waals surface area contributed by atoms with Gasteiger partial charge in [0.15, 0.2) is 0 Å². The van der Waals surface area contributed by atoms with E-state index in [4.69, 9.17) is 11.6 Å². The highest BCUT2D eigenvalue weighted by atomic mass is 35.5. The second kappa shape index (κ2) is 10.4. The van der Waals surface area contributed by atoms with Crippen LogP contribution in [-0.2, 0) is 21.0 Å². The van der Waals surface area contributed by atoms with Crippen molar-refractivity contribution in [3.63, 3.8) is 0 Å². The average Bonchev–Trinajstić information content (AvgIpc) is 2.69. The maximum absolute atomic E-state index is 13.4. The Morgan fingerprint density at radius 2 is 1.81 bits per heavy atom. The molecule has 0 fully saturated rings. The van der Waals surface area contributed by atoms with E-state index < -0.39 is 27.5 Å². The van der Waals surface area contributed by atoms with Crippen LogP contribution >= 0.6 is 11.6 Å². The number of anilines is 1. The van der Waals surface area contributed by atoms with Crippen LogP contribution in [0.5, 0.6) is 0 Å². The molecule has 10 heteroatoms. The minimum Gasteiger partial charge on any atom is -0.356 e. The summed E-state index contributed by atoms with van der Waals surface area (Å²) in [5.41, 5.74) is -0.599. The number of carbonyl (C=O) groups is 1. The SMILES string of the molecule is CC(CNC(=O)CCCN(c1ccc(Cl)cc1C(F)(F)F)S(C)(=O)=O)c1ccccc1. The topological polar surface area (TPSA) is 66.5 Å². The predicted octanol–water partition coefficient (Wildman–Crippen LogP) is 4.82. The summed E-state index contributed by atoms with van der Waals surface area (Å²) >= 11 is 5.67. The zero-order chi connectivity index (χ0) is 23.2. The molecule has 170 valence electrons. The first-order valence-corrected chi connectivity index (χ1v) is 11.8. The number of carbonyl (C=O) groups excluding carboxylic acids is 1. The van der Waals surface area contributed by atoms with Gasteiger partial charge in [-0.15, -0.1) is 0 Å². The molecule has 1 N–H and O–H groups in total. The van der Waals surface area contributed by atoms with Crippen LogP contribution in [0.25, 0.3) is 0 Å². The highest BCUT2D eigenvalue weighted by Crippen LogP contribution is 2.39. The van der Waals surface area contributed by atoms with E-state index in [2.05, 4.69) is 5.32 Å². The van der Waals surface area contributed by atoms with Crippen molar-refractivity contribution in [2.75, 3.05) is 23.7 Å². The van der Waals surface area contributed by atoms with Crippen molar-refractivity contribution < 1.29 is 26.4 Å². The van der Waals surface area contributed by atoms with Crippen LogP contribution in [0, 0.1) is 0 Å². The largest absolute Gasteiger partial charge is 0.418 e. The van der Waals surface area contributed by atoms with Crippen LogP contribution in [0.2, 0.25) is 5.02 Å². The van der Waals surface area contributed by atoms with Gasteiger partial charge in [0, 0.05) is 24.5 Å². The van der Waals surface area contributed by atoms with E-state index in [1.807, 2.05) is 37.3 Å². The second-order valence-corrected chi connectivity index (χ2v) is 9.56. The summed E-state index contributed by atoms with van der Waals surface area (Å²) in [6, 6.07) is 12.5. The molecule has 0 aromatic heterocycles. The lowest BCUT2D eigenvalue weighted by Gasteiger charge is -2.26. The number of sulfonamides is 1. The number of alkyl halides is 3. The number of benzene rings is 2. The van der Waals surface area contributed by atoms with E-state index in [0.29, 0.717) is 16.9 Å². The number of nitrogens with zero attached hydrogens (tertiary/aromatic N) is 1. The molecule has 0 aliphatic rings. The number of nitrogens with one attached hydrogen (secondary N) is 1. The van der Waals surface area contributed by atoms with Crippen LogP contribution in [-0.4, -0.2) is 33.7 Å². The molecule has 0 saturated heterocycles. The van der Waals surface area contributed by atoms with E-state index in [1.165, 1.54) is 6.07 Å². The fourth-order valence-electron chi connectivity index (χ4n) is 3.06. The molecule has 1 atom stereocenters. The molecule has 31 heavy (non-hydrogen) atoms. The van der Waals surface area contributed by atoms with E-state index in [9.17, 15) is 26.4 Å². The summed E-state index contributed by atoms with van der Waals surface area (Å²) in [4.78, 5) is 12.1. The van der Waals surface area contributed by atoms with E-state index >= 15 is 0 Å². The highest BCUT2D eigenvalue weighted by Gasteiger charge is 2.36. The Morgan fingerprint density at radius 3 is 2.39 bits per heavy atom. The maximum atomic E-state index is 13.4. The molecule has 0 radical (unpaired) electrons. The van der Waals surface area contributed by atoms with Crippen molar-refractivity contribution in [1.29, 1.82) is 0 Å². The van der Waals surface area contributed by atoms with Gasteiger partial charge in [0.05, 0.1) is 17.5 Å². The van der Waals surface area contributed by atoms with Gasteiger partial charge >= 0.3 is 6.18 Å². The molecule has 0 spiro atoms. The van der Waals surface area contributed by atoms with Crippen molar-refractivity contribution in [3.05, 3.63) is 64.7 Å². The molecule has 2 rings (SSSR count). The Balaban J connectivity index is 2.02. The van der Waals surface area contributed by atoms with Crippen LogP contribution in [0.3, 0.4) is 0 Å². The van der Waals surface area contributed by atoms with Crippen molar-refractivity contribution in [1.82, 2.24) is 5.32 Å². The lowest BCUT2D eigenvalue weighted by Crippen LogP contribution is -2.34. The summed E-state index contributed by atoms with van der Waals surface area (Å²) in [5.74, 6) is -0.218. The molecule has 1 unspecified atom stereocenters. The molecule has 0 heterocycles. The van der Waals surface area contributed by atoms with Gasteiger partial charge in [-0.25, -0.2) is 8.42 Å². The molecule has 2 aromatic carbocycles. The second-order valence-electron chi connectivity index (χ2n) is 7.21. The van der Waals surface area contributed by atoms with Crippen molar-refractivity contribution >= 4 is 33.2 Å². The van der Waals surface area contributed by atoms with Gasteiger partial charge < -0.3 is 5.32 Å². The van der Waals surface area contributed by atoms with Gasteiger partial charge in [-0.1, -0.05) is 48.9 Å². The zero-order valence-corrected chi connectivity index (χ0v) is 18.7. The number of halogens is 4. The molecule has 0 aliphatic carbocycles. The summed E-state index contributed by atoms with van der Waals surface area (Å²) in [6.45, 7) is 2.08. The first-order chi connectivity index (χ1) is 14.4. The molecule has 2 aromatic rings. The van der Waals surface area contributed by atoms with Gasteiger partial charge in [-0.05, 0) is 36.1 Å². The molecule has 1 amide bonds. The van der Waals surface area contributed by atoms with Gasteiger partial charge in [-0.3, -0.25) is 9.10 Å². The summed E-state index contributed by atoms with van der Waals surface area (Å²) in [5, 5.41) is 2.62. The normalized spacial score (nSPS) is 13.0. The van der Waals surface area contributed by atoms with Crippen molar-refractivity contribution in [3.8, 4) is 0 Å². The lowest BCUT2D eigenvalue weighted by atomic mass is 10.0. The quantitative estimate of drug-likeness (QED) is 0.564. The number of hydrogen-bond donors (Lipinski definition) is 1. The molecule has 5 nitrogen and oxygen atoms in total. The van der Waals surface area contributed by atoms with Gasteiger partial charge in [0.25, 0.3) is 0 Å². The molecular weight excluding hydrogens is 453 g/mol. The summed E-state index contributed by atoms with van der Waals surface area (Å²) in [7, 11) is -4.01. The summed E-state index contributed by atoms with van der Waals surface area (Å²) < 4.78 is 65.2. The molecule has 0 saturated carbocycles. The smallest absolute Gasteiger partial charge is 0.356 e. The van der Waals surface area contributed by atoms with Crippen LogP contribution in [0.4, 0.5) is 18.9 Å². The minimum atomic E-state index is -4.78. The van der Waals surface area contributed by atoms with Crippen molar-refractivity contribution in [2.24, 2.45) is 0 Å². The third kappa shape index (κ3) is 7.43. The third-order valence-electron chi connectivity index (χ3n) is 4.67. The first kappa shape index (κ1) is 25.0. The Bertz CT molecular complexity index is 999. The van der Waals surface area contributed by atoms with E-state index in [0.717, 1.165) is 17.9 Å². The van der Waals surface area contributed by atoms with E-state index in [1.54, 1.807) is 0 Å². The minimum absolute atomic E-state index is 0.0253. The first-order valence-electron chi connectivity index (χ1n) is 9.55. The van der Waals surface area contributed by atoms with Gasteiger partial charge in [0.2, 0.25) is 15.9 Å². The predicted molar refractivity (Wildman–Crippen MR) is 116 cm³/mol. The standard InChI is InChI=1S/C21H24ClF3N2O3S/c1-15(16-7-4-3-5-8-16)14-26-20(28)9-6-12-27(31(2,29)30)19-11-10-17(22)13-18(19)21(23,24)25/h3-5,7-8,10-11,13,15H,6,9,12,14H2,1-2H3,(H,26,28). The number of rotatable bonds is 9. The Morgan fingerprint density at radius 1 is 1.16 bits per heavy atom. The van der Waals surface area contributed by atoms with Gasteiger partial charge in [0.1, 0.15) is 0 Å².